The van der Waals surface area contributed by atoms with Crippen LogP contribution < -0.4 is 10.2 Å². The van der Waals surface area contributed by atoms with Crippen LogP contribution in [0.5, 0.6) is 0 Å². The summed E-state index contributed by atoms with van der Waals surface area (Å²) in [4.78, 5) is 26.4. The molecule has 0 aromatic heterocycles. The molecule has 4 heteroatoms. The quantitative estimate of drug-likeness (QED) is 0.865. The van der Waals surface area contributed by atoms with Crippen LogP contribution in [0.1, 0.15) is 37.0 Å². The second-order valence-electron chi connectivity index (χ2n) is 6.60. The van der Waals surface area contributed by atoms with Crippen LogP contribution in [0.4, 0.5) is 5.69 Å². The molecule has 0 fully saturated rings. The van der Waals surface area contributed by atoms with Crippen LogP contribution in [0, 0.1) is 17.8 Å². The number of hydrogen-bond donors (Lipinski definition) is 1. The summed E-state index contributed by atoms with van der Waals surface area (Å²) >= 11 is 0. The monoisotopic (exact) mass is 346 g/mol. The average Bonchev–Trinajstić information content (AvgIpc) is 2.63. The van der Waals surface area contributed by atoms with E-state index in [9.17, 15) is 9.59 Å². The zero-order valence-electron chi connectivity index (χ0n) is 15.1. The standard InChI is InChI=1S/C22H22N2O2/c1-16(2)22(26)23-14-13-21(25)24-15-19-9-4-3-7-17(19)11-12-18-8-5-6-10-20(18)24/h3-10,16H,13-15H2,1-2H3,(H,23,26). The van der Waals surface area contributed by atoms with Gasteiger partial charge in [-0.05, 0) is 23.8 Å². The van der Waals surface area contributed by atoms with E-state index in [1.165, 1.54) is 0 Å². The van der Waals surface area contributed by atoms with Crippen molar-refractivity contribution in [3.8, 4) is 11.8 Å². The highest BCUT2D eigenvalue weighted by atomic mass is 16.2. The molecule has 132 valence electrons. The van der Waals surface area contributed by atoms with Gasteiger partial charge in [0.2, 0.25) is 11.8 Å². The predicted molar refractivity (Wildman–Crippen MR) is 103 cm³/mol. The third-order valence-electron chi connectivity index (χ3n) is 4.34. The fourth-order valence-corrected chi connectivity index (χ4v) is 2.84. The lowest BCUT2D eigenvalue weighted by Crippen LogP contribution is -2.36. The second-order valence-corrected chi connectivity index (χ2v) is 6.60. The molecular formula is C22H22N2O2. The Balaban J connectivity index is 1.85. The van der Waals surface area contributed by atoms with Crippen LogP contribution in [0.3, 0.4) is 0 Å². The summed E-state index contributed by atoms with van der Waals surface area (Å²) in [5.41, 5.74) is 3.61. The second kappa shape index (κ2) is 7.88. The van der Waals surface area contributed by atoms with E-state index in [1.54, 1.807) is 4.90 Å². The van der Waals surface area contributed by atoms with Crippen molar-refractivity contribution in [2.75, 3.05) is 11.4 Å². The molecule has 3 rings (SSSR count). The molecule has 2 aromatic rings. The molecule has 4 nitrogen and oxygen atoms in total. The van der Waals surface area contributed by atoms with Crippen molar-refractivity contribution in [3.63, 3.8) is 0 Å². The predicted octanol–water partition coefficient (Wildman–Crippen LogP) is 3.10. The number of benzene rings is 2. The molecule has 0 spiro atoms. The number of fused-ring (bicyclic) bond motifs is 2. The van der Waals surface area contributed by atoms with Gasteiger partial charge in [0.25, 0.3) is 0 Å². The van der Waals surface area contributed by atoms with Gasteiger partial charge in [0.1, 0.15) is 0 Å². The largest absolute Gasteiger partial charge is 0.355 e. The number of carbonyl (C=O) groups is 2. The maximum atomic E-state index is 12.9. The Kier molecular flexibility index (Phi) is 5.38. The summed E-state index contributed by atoms with van der Waals surface area (Å²) in [5.74, 6) is 6.23. The Morgan fingerprint density at radius 2 is 1.69 bits per heavy atom. The molecule has 1 heterocycles. The number of anilines is 1. The minimum atomic E-state index is -0.0883. The van der Waals surface area contributed by atoms with Crippen molar-refractivity contribution < 1.29 is 9.59 Å². The molecule has 0 radical (unpaired) electrons. The number of para-hydroxylation sites is 1. The van der Waals surface area contributed by atoms with Crippen molar-refractivity contribution in [2.45, 2.75) is 26.8 Å². The van der Waals surface area contributed by atoms with E-state index in [-0.39, 0.29) is 24.2 Å². The van der Waals surface area contributed by atoms with Crippen LogP contribution in [0.25, 0.3) is 0 Å². The van der Waals surface area contributed by atoms with E-state index in [0.29, 0.717) is 13.1 Å². The van der Waals surface area contributed by atoms with E-state index in [0.717, 1.165) is 22.4 Å². The third kappa shape index (κ3) is 3.94. The first-order valence-electron chi connectivity index (χ1n) is 8.83. The number of nitrogens with zero attached hydrogens (tertiary/aromatic N) is 1. The molecule has 0 unspecified atom stereocenters. The zero-order valence-corrected chi connectivity index (χ0v) is 15.1. The van der Waals surface area contributed by atoms with Gasteiger partial charge in [0.15, 0.2) is 0 Å². The van der Waals surface area contributed by atoms with Crippen LogP contribution in [0.2, 0.25) is 0 Å². The van der Waals surface area contributed by atoms with Crippen LogP contribution in [0.15, 0.2) is 48.5 Å². The van der Waals surface area contributed by atoms with Crippen molar-refractivity contribution in [1.82, 2.24) is 5.32 Å². The molecule has 0 aliphatic carbocycles. The Morgan fingerprint density at radius 1 is 1.04 bits per heavy atom. The minimum Gasteiger partial charge on any atom is -0.355 e. The van der Waals surface area contributed by atoms with Crippen molar-refractivity contribution in [3.05, 3.63) is 65.2 Å². The lowest BCUT2D eigenvalue weighted by Gasteiger charge is -2.26. The first-order chi connectivity index (χ1) is 12.6. The number of carbonyl (C=O) groups excluding carboxylic acids is 2. The van der Waals surface area contributed by atoms with Gasteiger partial charge in [-0.2, -0.15) is 0 Å². The van der Waals surface area contributed by atoms with E-state index in [4.69, 9.17) is 0 Å². The first-order valence-corrected chi connectivity index (χ1v) is 8.83. The summed E-state index contributed by atoms with van der Waals surface area (Å²) in [5, 5.41) is 2.81. The van der Waals surface area contributed by atoms with E-state index < -0.39 is 0 Å². The molecule has 1 aliphatic heterocycles. The maximum Gasteiger partial charge on any atom is 0.229 e. The summed E-state index contributed by atoms with van der Waals surface area (Å²) in [7, 11) is 0. The molecular weight excluding hydrogens is 324 g/mol. The molecule has 0 bridgehead atoms. The van der Waals surface area contributed by atoms with Crippen LogP contribution >= 0.6 is 0 Å². The molecule has 2 amide bonds. The van der Waals surface area contributed by atoms with E-state index in [2.05, 4.69) is 17.2 Å². The number of amides is 2. The summed E-state index contributed by atoms with van der Waals surface area (Å²) < 4.78 is 0. The number of rotatable bonds is 4. The molecule has 1 aliphatic rings. The molecule has 0 saturated heterocycles. The Labute approximate surface area is 154 Å². The highest BCUT2D eigenvalue weighted by molar-refractivity contribution is 5.95. The van der Waals surface area contributed by atoms with Gasteiger partial charge < -0.3 is 10.2 Å². The number of nitrogens with one attached hydrogen (secondary N) is 1. The van der Waals surface area contributed by atoms with Gasteiger partial charge >= 0.3 is 0 Å². The highest BCUT2D eigenvalue weighted by Gasteiger charge is 2.21. The fraction of sp³-hybridized carbons (Fsp3) is 0.273. The summed E-state index contributed by atoms with van der Waals surface area (Å²) in [6, 6.07) is 15.6. The molecule has 2 aromatic carbocycles. The SMILES string of the molecule is CC(C)C(=O)NCCC(=O)N1Cc2ccccc2C#Cc2ccccc21. The molecule has 0 saturated carbocycles. The van der Waals surface area contributed by atoms with Gasteiger partial charge in [-0.25, -0.2) is 0 Å². The first kappa shape index (κ1) is 17.8. The Hall–Kier alpha value is -3.06. The fourth-order valence-electron chi connectivity index (χ4n) is 2.84. The highest BCUT2D eigenvalue weighted by Crippen LogP contribution is 2.25. The number of hydrogen-bond acceptors (Lipinski definition) is 2. The van der Waals surface area contributed by atoms with E-state index >= 15 is 0 Å². The average molecular weight is 346 g/mol. The van der Waals surface area contributed by atoms with Crippen molar-refractivity contribution >= 4 is 17.5 Å². The van der Waals surface area contributed by atoms with E-state index in [1.807, 2.05) is 62.4 Å². The zero-order chi connectivity index (χ0) is 18.5. The van der Waals surface area contributed by atoms with Crippen molar-refractivity contribution in [1.29, 1.82) is 0 Å². The smallest absolute Gasteiger partial charge is 0.229 e. The molecule has 0 atom stereocenters. The Morgan fingerprint density at radius 3 is 2.46 bits per heavy atom. The Bertz CT molecular complexity index is 890. The lowest BCUT2D eigenvalue weighted by molar-refractivity contribution is -0.124. The van der Waals surface area contributed by atoms with Gasteiger partial charge in [-0.1, -0.05) is 56.0 Å². The normalized spacial score (nSPS) is 12.2. The third-order valence-corrected chi connectivity index (χ3v) is 4.34. The minimum absolute atomic E-state index is 0.0278. The maximum absolute atomic E-state index is 12.9. The summed E-state index contributed by atoms with van der Waals surface area (Å²) in [6.07, 6.45) is 0.252. The van der Waals surface area contributed by atoms with Crippen molar-refractivity contribution in [2.24, 2.45) is 5.92 Å². The van der Waals surface area contributed by atoms with Gasteiger partial charge in [0, 0.05) is 30.0 Å². The molecule has 26 heavy (non-hydrogen) atoms. The summed E-state index contributed by atoms with van der Waals surface area (Å²) in [6.45, 7) is 4.48. The van der Waals surface area contributed by atoms with Gasteiger partial charge in [-0.15, -0.1) is 0 Å². The topological polar surface area (TPSA) is 49.4 Å². The lowest BCUT2D eigenvalue weighted by atomic mass is 10.0. The van der Waals surface area contributed by atoms with Crippen LogP contribution in [-0.4, -0.2) is 18.4 Å². The van der Waals surface area contributed by atoms with Gasteiger partial charge in [0.05, 0.1) is 12.2 Å². The molecule has 1 N–H and O–H groups in total. The van der Waals surface area contributed by atoms with Crippen LogP contribution in [-0.2, 0) is 16.1 Å². The van der Waals surface area contributed by atoms with Gasteiger partial charge in [-0.3, -0.25) is 9.59 Å².